The smallest absolute Gasteiger partial charge is 0.254 e. The molecule has 0 bridgehead atoms. The highest BCUT2D eigenvalue weighted by molar-refractivity contribution is 6.31. The van der Waals surface area contributed by atoms with Crippen molar-refractivity contribution < 1.29 is 13.6 Å². The fourth-order valence-corrected chi connectivity index (χ4v) is 5.15. The molecule has 11 heteroatoms. The van der Waals surface area contributed by atoms with Crippen LogP contribution >= 0.6 is 11.6 Å². The van der Waals surface area contributed by atoms with E-state index in [4.69, 9.17) is 11.6 Å². The summed E-state index contributed by atoms with van der Waals surface area (Å²) >= 11 is 6.29. The predicted molar refractivity (Wildman–Crippen MR) is 96.8 cm³/mol. The van der Waals surface area contributed by atoms with Crippen molar-refractivity contribution in [2.24, 2.45) is 5.92 Å². The van der Waals surface area contributed by atoms with Gasteiger partial charge in [0.15, 0.2) is 0 Å². The highest BCUT2D eigenvalue weighted by Gasteiger charge is 2.44. The Bertz CT molecular complexity index is 545. The van der Waals surface area contributed by atoms with Crippen LogP contribution in [0.15, 0.2) is 0 Å². The summed E-state index contributed by atoms with van der Waals surface area (Å²) in [5, 5.41) is 4.50. The van der Waals surface area contributed by atoms with Gasteiger partial charge in [-0.3, -0.25) is 15.1 Å². The van der Waals surface area contributed by atoms with Crippen LogP contribution in [0.25, 0.3) is 0 Å². The van der Waals surface area contributed by atoms with E-state index in [1.165, 1.54) is 0 Å². The number of halogens is 3. The lowest BCUT2D eigenvalue weighted by Gasteiger charge is -2.43. The van der Waals surface area contributed by atoms with Crippen molar-refractivity contribution in [1.29, 1.82) is 0 Å². The lowest BCUT2D eigenvalue weighted by Crippen LogP contribution is -2.65. The van der Waals surface area contributed by atoms with Crippen molar-refractivity contribution in [3.05, 3.63) is 0 Å². The minimum atomic E-state index is -2.34. The average Bonchev–Trinajstić information content (AvgIpc) is 3.06. The first-order chi connectivity index (χ1) is 13.0. The Hall–Kier alpha value is -0.620. The van der Waals surface area contributed by atoms with Gasteiger partial charge in [0.25, 0.3) is 12.3 Å². The van der Waals surface area contributed by atoms with Crippen LogP contribution in [0.1, 0.15) is 19.3 Å². The number of amides is 1. The number of nitrogens with zero attached hydrogens (tertiary/aromatic N) is 2. The molecule has 4 heterocycles. The largest absolute Gasteiger partial charge is 0.309 e. The van der Waals surface area contributed by atoms with Crippen LogP contribution in [0.5, 0.6) is 0 Å². The molecule has 5 N–H and O–H groups in total. The molecule has 0 aliphatic carbocycles. The summed E-state index contributed by atoms with van der Waals surface area (Å²) in [4.78, 5) is 14.0. The second kappa shape index (κ2) is 8.40. The van der Waals surface area contributed by atoms with E-state index >= 15 is 0 Å². The highest BCUT2D eigenvalue weighted by atomic mass is 35.5. The van der Waals surface area contributed by atoms with Crippen LogP contribution < -0.4 is 27.1 Å². The summed E-state index contributed by atoms with van der Waals surface area (Å²) in [6.45, 7) is 3.46. The molecule has 4 saturated heterocycles. The number of carbonyl (C=O) groups excluding carboxylic acids is 1. The number of likely N-dealkylation sites (tertiary alicyclic amines) is 1. The zero-order chi connectivity index (χ0) is 19.0. The summed E-state index contributed by atoms with van der Waals surface area (Å²) in [7, 11) is 0. The number of alkyl halides is 3. The van der Waals surface area contributed by atoms with E-state index in [2.05, 4.69) is 37.0 Å². The van der Waals surface area contributed by atoms with Gasteiger partial charge in [0.2, 0.25) is 0 Å². The molecule has 0 aromatic rings. The second-order valence-corrected chi connectivity index (χ2v) is 8.39. The summed E-state index contributed by atoms with van der Waals surface area (Å²) < 4.78 is 26.7. The minimum absolute atomic E-state index is 0.0528. The Balaban J connectivity index is 1.34. The number of hydrazine groups is 3. The Kier molecular flexibility index (Phi) is 6.12. The molecule has 0 aromatic heterocycles. The minimum Gasteiger partial charge on any atom is -0.309 e. The molecule has 0 radical (unpaired) electrons. The standard InChI is InChI=1S/C16H28ClF2N7O/c17-13-12(6-21-23-16(13)27)25-5-3-11-10(8-25)22-24-26(11)7-9-2-1-4-20-14(9)15(18)19/h9-15,20-22,24H,1-8H2,(H,23,27). The third kappa shape index (κ3) is 4.07. The Morgan fingerprint density at radius 1 is 1.26 bits per heavy atom. The monoisotopic (exact) mass is 407 g/mol. The number of carbonyl (C=O) groups is 1. The van der Waals surface area contributed by atoms with Crippen LogP contribution in [-0.2, 0) is 4.79 Å². The molecular formula is C16H28ClF2N7O. The zero-order valence-corrected chi connectivity index (χ0v) is 15.9. The highest BCUT2D eigenvalue weighted by Crippen LogP contribution is 2.27. The Labute approximate surface area is 162 Å². The van der Waals surface area contributed by atoms with Gasteiger partial charge in [0.1, 0.15) is 5.38 Å². The zero-order valence-electron chi connectivity index (χ0n) is 15.1. The third-order valence-electron chi connectivity index (χ3n) is 6.32. The van der Waals surface area contributed by atoms with Gasteiger partial charge in [-0.2, -0.15) is 5.53 Å². The normalized spacial score (nSPS) is 41.6. The average molecular weight is 408 g/mol. The molecule has 4 rings (SSSR count). The van der Waals surface area contributed by atoms with Crippen LogP contribution in [0.3, 0.4) is 0 Å². The third-order valence-corrected chi connectivity index (χ3v) is 6.81. The molecule has 6 atom stereocenters. The first-order valence-corrected chi connectivity index (χ1v) is 10.2. The molecular weight excluding hydrogens is 380 g/mol. The van der Waals surface area contributed by atoms with E-state index in [-0.39, 0.29) is 30.0 Å². The molecule has 4 fully saturated rings. The number of hydrogen-bond donors (Lipinski definition) is 5. The SMILES string of the molecule is O=C1NNCC(N2CCC3C(C2)NNN3CC2CCCNC2C(F)F)C1Cl. The van der Waals surface area contributed by atoms with Crippen LogP contribution in [0, 0.1) is 5.92 Å². The maximum absolute atomic E-state index is 13.3. The fraction of sp³-hybridized carbons (Fsp3) is 0.938. The van der Waals surface area contributed by atoms with E-state index in [9.17, 15) is 13.6 Å². The Morgan fingerprint density at radius 3 is 2.93 bits per heavy atom. The summed E-state index contributed by atoms with van der Waals surface area (Å²) in [5.74, 6) is -0.264. The molecule has 4 aliphatic rings. The number of fused-ring (bicyclic) bond motifs is 1. The maximum Gasteiger partial charge on any atom is 0.254 e. The van der Waals surface area contributed by atoms with Gasteiger partial charge in [0, 0.05) is 38.3 Å². The van der Waals surface area contributed by atoms with Crippen LogP contribution in [0.2, 0.25) is 0 Å². The van der Waals surface area contributed by atoms with Gasteiger partial charge in [-0.1, -0.05) is 0 Å². The fourth-order valence-electron chi connectivity index (χ4n) is 4.85. The van der Waals surface area contributed by atoms with Gasteiger partial charge >= 0.3 is 0 Å². The molecule has 27 heavy (non-hydrogen) atoms. The van der Waals surface area contributed by atoms with E-state index in [0.29, 0.717) is 19.6 Å². The first-order valence-electron chi connectivity index (χ1n) is 9.75. The predicted octanol–water partition coefficient (Wildman–Crippen LogP) is -1.00. The van der Waals surface area contributed by atoms with Crippen molar-refractivity contribution in [1.82, 2.24) is 37.0 Å². The topological polar surface area (TPSA) is 83.7 Å². The summed E-state index contributed by atoms with van der Waals surface area (Å²) in [6, 6.07) is -0.360. The number of hydrogen-bond acceptors (Lipinski definition) is 7. The summed E-state index contributed by atoms with van der Waals surface area (Å²) in [6.07, 6.45) is 0.311. The van der Waals surface area contributed by atoms with E-state index < -0.39 is 17.8 Å². The van der Waals surface area contributed by atoms with Crippen molar-refractivity contribution in [2.45, 2.75) is 55.2 Å². The lowest BCUT2D eigenvalue weighted by atomic mass is 9.89. The number of piperidine rings is 2. The van der Waals surface area contributed by atoms with E-state index in [1.807, 2.05) is 0 Å². The molecule has 4 aliphatic heterocycles. The molecule has 1 amide bonds. The molecule has 154 valence electrons. The second-order valence-electron chi connectivity index (χ2n) is 7.92. The van der Waals surface area contributed by atoms with Crippen LogP contribution in [-0.4, -0.2) is 84.5 Å². The van der Waals surface area contributed by atoms with E-state index in [1.54, 1.807) is 0 Å². The van der Waals surface area contributed by atoms with Crippen molar-refractivity contribution in [3.8, 4) is 0 Å². The molecule has 0 spiro atoms. The molecule has 6 unspecified atom stereocenters. The number of rotatable bonds is 4. The van der Waals surface area contributed by atoms with E-state index in [0.717, 1.165) is 32.4 Å². The van der Waals surface area contributed by atoms with Gasteiger partial charge < -0.3 is 5.32 Å². The first kappa shape index (κ1) is 19.7. The van der Waals surface area contributed by atoms with Crippen molar-refractivity contribution >= 4 is 17.5 Å². The van der Waals surface area contributed by atoms with Crippen molar-refractivity contribution in [3.63, 3.8) is 0 Å². The quantitative estimate of drug-likeness (QED) is 0.382. The van der Waals surface area contributed by atoms with Crippen molar-refractivity contribution in [2.75, 3.05) is 32.7 Å². The van der Waals surface area contributed by atoms with Gasteiger partial charge in [-0.15, -0.1) is 11.6 Å². The molecule has 0 aromatic carbocycles. The maximum atomic E-state index is 13.3. The van der Waals surface area contributed by atoms with Gasteiger partial charge in [0.05, 0.1) is 12.1 Å². The summed E-state index contributed by atoms with van der Waals surface area (Å²) in [5.41, 5.74) is 12.0. The number of nitrogens with one attached hydrogen (secondary N) is 5. The van der Waals surface area contributed by atoms with Gasteiger partial charge in [-0.05, 0) is 31.7 Å². The van der Waals surface area contributed by atoms with Gasteiger partial charge in [-0.25, -0.2) is 24.6 Å². The molecule has 8 nitrogen and oxygen atoms in total. The lowest BCUT2D eigenvalue weighted by molar-refractivity contribution is -0.125. The molecule has 0 saturated carbocycles. The van der Waals surface area contributed by atoms with Crippen LogP contribution in [0.4, 0.5) is 8.78 Å². The Morgan fingerprint density at radius 2 is 2.11 bits per heavy atom.